The van der Waals surface area contributed by atoms with E-state index in [9.17, 15) is 13.9 Å². The molecule has 2 aromatic carbocycles. The first-order chi connectivity index (χ1) is 9.51. The van der Waals surface area contributed by atoms with Gasteiger partial charge in [-0.25, -0.2) is 8.78 Å². The van der Waals surface area contributed by atoms with Gasteiger partial charge in [0.2, 0.25) is 0 Å². The fraction of sp³-hybridized carbons (Fsp3) is 0.0769. The summed E-state index contributed by atoms with van der Waals surface area (Å²) < 4.78 is 31.7. The predicted octanol–water partition coefficient (Wildman–Crippen LogP) is 3.80. The molecule has 0 bridgehead atoms. The minimum absolute atomic E-state index is 0.0256. The van der Waals surface area contributed by atoms with Crippen molar-refractivity contribution in [3.05, 3.63) is 42.0 Å². The maximum absolute atomic E-state index is 13.4. The van der Waals surface area contributed by atoms with Crippen molar-refractivity contribution >= 4 is 11.4 Å². The normalized spacial score (nSPS) is 10.9. The van der Waals surface area contributed by atoms with Crippen molar-refractivity contribution in [1.82, 2.24) is 0 Å². The third-order valence-corrected chi connectivity index (χ3v) is 2.44. The number of methoxy groups -OCH3 is 1. The molecule has 0 saturated heterocycles. The Morgan fingerprint density at radius 1 is 1.00 bits per heavy atom. The van der Waals surface area contributed by atoms with E-state index in [1.165, 1.54) is 25.3 Å². The zero-order valence-electron chi connectivity index (χ0n) is 10.3. The lowest BCUT2D eigenvalue weighted by Gasteiger charge is -2.02. The summed E-state index contributed by atoms with van der Waals surface area (Å²) in [6.45, 7) is 0. The SMILES string of the molecule is COc1ccc(N=Nc2c(F)cc(O)cc2F)c(O)c1. The van der Waals surface area contributed by atoms with Crippen LogP contribution in [0.2, 0.25) is 0 Å². The van der Waals surface area contributed by atoms with Crippen LogP contribution in [0.1, 0.15) is 0 Å². The number of nitrogens with zero attached hydrogens (tertiary/aromatic N) is 2. The van der Waals surface area contributed by atoms with Gasteiger partial charge < -0.3 is 14.9 Å². The molecule has 2 aromatic rings. The van der Waals surface area contributed by atoms with E-state index in [4.69, 9.17) is 9.84 Å². The minimum Gasteiger partial charge on any atom is -0.508 e. The second-order valence-electron chi connectivity index (χ2n) is 3.81. The highest BCUT2D eigenvalue weighted by Crippen LogP contribution is 2.33. The second kappa shape index (κ2) is 5.52. The lowest BCUT2D eigenvalue weighted by molar-refractivity contribution is 0.408. The number of rotatable bonds is 3. The Balaban J connectivity index is 2.35. The lowest BCUT2D eigenvalue weighted by atomic mass is 10.3. The average molecular weight is 280 g/mol. The molecule has 0 radical (unpaired) electrons. The number of phenols is 2. The van der Waals surface area contributed by atoms with E-state index in [1.54, 1.807) is 0 Å². The van der Waals surface area contributed by atoms with Gasteiger partial charge in [0, 0.05) is 18.2 Å². The van der Waals surface area contributed by atoms with Gasteiger partial charge in [-0.15, -0.1) is 10.2 Å². The quantitative estimate of drug-likeness (QED) is 0.840. The summed E-state index contributed by atoms with van der Waals surface area (Å²) in [5, 5.41) is 25.6. The van der Waals surface area contributed by atoms with Gasteiger partial charge in [-0.3, -0.25) is 0 Å². The van der Waals surface area contributed by atoms with Crippen LogP contribution in [0.25, 0.3) is 0 Å². The van der Waals surface area contributed by atoms with E-state index in [2.05, 4.69) is 10.2 Å². The minimum atomic E-state index is -1.06. The Bertz CT molecular complexity index is 652. The Kier molecular flexibility index (Phi) is 3.79. The van der Waals surface area contributed by atoms with Gasteiger partial charge in [0.15, 0.2) is 17.3 Å². The summed E-state index contributed by atoms with van der Waals surface area (Å²) in [4.78, 5) is 0. The first-order valence-corrected chi connectivity index (χ1v) is 5.48. The lowest BCUT2D eigenvalue weighted by Crippen LogP contribution is -1.82. The van der Waals surface area contributed by atoms with Crippen molar-refractivity contribution in [2.75, 3.05) is 7.11 Å². The fourth-order valence-electron chi connectivity index (χ4n) is 1.47. The molecule has 2 rings (SSSR count). The first kappa shape index (κ1) is 13.7. The molecule has 0 aliphatic rings. The van der Waals surface area contributed by atoms with Crippen LogP contribution in [-0.4, -0.2) is 17.3 Å². The van der Waals surface area contributed by atoms with Crippen molar-refractivity contribution < 1.29 is 23.7 Å². The number of hydrogen-bond acceptors (Lipinski definition) is 5. The smallest absolute Gasteiger partial charge is 0.157 e. The van der Waals surface area contributed by atoms with Crippen LogP contribution in [0.15, 0.2) is 40.6 Å². The molecule has 0 saturated carbocycles. The second-order valence-corrected chi connectivity index (χ2v) is 3.81. The number of phenolic OH excluding ortho intramolecular Hbond substituents is 2. The van der Waals surface area contributed by atoms with E-state index in [-0.39, 0.29) is 11.4 Å². The van der Waals surface area contributed by atoms with Gasteiger partial charge in [-0.1, -0.05) is 0 Å². The van der Waals surface area contributed by atoms with Crippen molar-refractivity contribution in [3.63, 3.8) is 0 Å². The maximum atomic E-state index is 13.4. The molecule has 2 N–H and O–H groups in total. The molecule has 0 atom stereocenters. The monoisotopic (exact) mass is 280 g/mol. The Morgan fingerprint density at radius 2 is 1.65 bits per heavy atom. The van der Waals surface area contributed by atoms with E-state index >= 15 is 0 Å². The zero-order valence-corrected chi connectivity index (χ0v) is 10.3. The molecular formula is C13H10F2N2O3. The van der Waals surface area contributed by atoms with Crippen molar-refractivity contribution in [1.29, 1.82) is 0 Å². The largest absolute Gasteiger partial charge is 0.508 e. The zero-order chi connectivity index (χ0) is 14.7. The topological polar surface area (TPSA) is 74.4 Å². The molecule has 0 spiro atoms. The molecule has 5 nitrogen and oxygen atoms in total. The molecule has 0 aliphatic heterocycles. The predicted molar refractivity (Wildman–Crippen MR) is 66.9 cm³/mol. The summed E-state index contributed by atoms with van der Waals surface area (Å²) >= 11 is 0. The van der Waals surface area contributed by atoms with Crippen LogP contribution in [0, 0.1) is 11.6 Å². The molecule has 0 aliphatic carbocycles. The third-order valence-electron chi connectivity index (χ3n) is 2.44. The Hall–Kier alpha value is -2.70. The van der Waals surface area contributed by atoms with Crippen molar-refractivity contribution in [2.45, 2.75) is 0 Å². The van der Waals surface area contributed by atoms with Crippen molar-refractivity contribution in [3.8, 4) is 17.2 Å². The molecular weight excluding hydrogens is 270 g/mol. The van der Waals surface area contributed by atoms with E-state index in [0.717, 1.165) is 0 Å². The van der Waals surface area contributed by atoms with E-state index in [0.29, 0.717) is 17.9 Å². The molecule has 20 heavy (non-hydrogen) atoms. The van der Waals surface area contributed by atoms with E-state index < -0.39 is 23.1 Å². The highest BCUT2D eigenvalue weighted by atomic mass is 19.1. The van der Waals surface area contributed by atoms with Gasteiger partial charge in [-0.05, 0) is 12.1 Å². The fourth-order valence-corrected chi connectivity index (χ4v) is 1.47. The highest BCUT2D eigenvalue weighted by Gasteiger charge is 2.11. The molecule has 0 amide bonds. The Morgan fingerprint density at radius 3 is 2.20 bits per heavy atom. The molecule has 104 valence electrons. The summed E-state index contributed by atoms with van der Waals surface area (Å²) in [6.07, 6.45) is 0. The van der Waals surface area contributed by atoms with Crippen LogP contribution >= 0.6 is 0 Å². The number of ether oxygens (including phenoxy) is 1. The van der Waals surface area contributed by atoms with Gasteiger partial charge in [-0.2, -0.15) is 0 Å². The summed E-state index contributed by atoms with van der Waals surface area (Å²) in [5.41, 5.74) is -0.629. The molecule has 0 aromatic heterocycles. The van der Waals surface area contributed by atoms with Crippen LogP contribution in [0.3, 0.4) is 0 Å². The van der Waals surface area contributed by atoms with E-state index in [1.807, 2.05) is 0 Å². The number of halogens is 2. The highest BCUT2D eigenvalue weighted by molar-refractivity contribution is 5.54. The molecule has 0 fully saturated rings. The van der Waals surface area contributed by atoms with Gasteiger partial charge >= 0.3 is 0 Å². The van der Waals surface area contributed by atoms with Crippen LogP contribution < -0.4 is 4.74 Å². The summed E-state index contributed by atoms with van der Waals surface area (Å²) in [5.74, 6) is -2.50. The first-order valence-electron chi connectivity index (χ1n) is 5.48. The molecule has 7 heteroatoms. The summed E-state index contributed by atoms with van der Waals surface area (Å²) in [6, 6.07) is 5.61. The number of aromatic hydroxyl groups is 2. The van der Waals surface area contributed by atoms with Crippen LogP contribution in [-0.2, 0) is 0 Å². The summed E-state index contributed by atoms with van der Waals surface area (Å²) in [7, 11) is 1.43. The third kappa shape index (κ3) is 2.82. The average Bonchev–Trinajstić information content (AvgIpc) is 2.39. The molecule has 0 heterocycles. The number of hydrogen-bond donors (Lipinski definition) is 2. The van der Waals surface area contributed by atoms with Crippen molar-refractivity contribution in [2.24, 2.45) is 10.2 Å². The standard InChI is InChI=1S/C13H10F2N2O3/c1-20-8-2-3-11(12(19)6-8)16-17-13-9(14)4-7(18)5-10(13)15/h2-6,18-19H,1H3. The molecule has 0 unspecified atom stereocenters. The number of azo groups is 1. The van der Waals surface area contributed by atoms with Gasteiger partial charge in [0.05, 0.1) is 7.11 Å². The van der Waals surface area contributed by atoms with Crippen LogP contribution in [0.4, 0.5) is 20.2 Å². The Labute approximate surface area is 112 Å². The van der Waals surface area contributed by atoms with Gasteiger partial charge in [0.25, 0.3) is 0 Å². The van der Waals surface area contributed by atoms with Gasteiger partial charge in [0.1, 0.15) is 22.9 Å². The van der Waals surface area contributed by atoms with Crippen LogP contribution in [0.5, 0.6) is 17.2 Å². The number of benzene rings is 2. The maximum Gasteiger partial charge on any atom is 0.157 e.